The van der Waals surface area contributed by atoms with Crippen LogP contribution in [0.2, 0.25) is 0 Å². The summed E-state index contributed by atoms with van der Waals surface area (Å²) in [5.41, 5.74) is 1.16. The van der Waals surface area contributed by atoms with Crippen LogP contribution in [0.1, 0.15) is 24.9 Å². The molecule has 0 aliphatic carbocycles. The zero-order valence-corrected chi connectivity index (χ0v) is 17.2. The lowest BCUT2D eigenvalue weighted by Gasteiger charge is -2.19. The molecule has 0 aromatic heterocycles. The monoisotopic (exact) mass is 448 g/mol. The van der Waals surface area contributed by atoms with E-state index in [0.717, 1.165) is 18.5 Å². The third-order valence-electron chi connectivity index (χ3n) is 3.34. The van der Waals surface area contributed by atoms with Crippen molar-refractivity contribution in [1.82, 2.24) is 15.5 Å². The molecule has 0 saturated heterocycles. The van der Waals surface area contributed by atoms with Crippen molar-refractivity contribution in [3.05, 3.63) is 35.9 Å². The molecule has 0 radical (unpaired) electrons. The topological polar surface area (TPSA) is 66.0 Å². The molecule has 1 aromatic carbocycles. The first-order valence-electron chi connectivity index (χ1n) is 7.83. The molecule has 0 aliphatic heterocycles. The number of guanidine groups is 1. The molecule has 2 N–H and O–H groups in total. The zero-order chi connectivity index (χ0) is 17.1. The number of amides is 1. The Kier molecular flexibility index (Phi) is 12.3. The Morgan fingerprint density at radius 3 is 2.54 bits per heavy atom. The number of carbonyl (C=O) groups is 1. The maximum atomic E-state index is 11.7. The number of nitrogens with one attached hydrogen (secondary N) is 2. The number of halogens is 1. The van der Waals surface area contributed by atoms with Gasteiger partial charge in [-0.05, 0) is 18.9 Å². The maximum Gasteiger partial charge on any atom is 0.243 e. The molecular weight excluding hydrogens is 419 g/mol. The summed E-state index contributed by atoms with van der Waals surface area (Å²) >= 11 is 0. The van der Waals surface area contributed by atoms with Crippen molar-refractivity contribution in [3.8, 4) is 0 Å². The summed E-state index contributed by atoms with van der Waals surface area (Å²) < 4.78 is 5.04. The Bertz CT molecular complexity index is 495. The second-order valence-electron chi connectivity index (χ2n) is 5.50. The van der Waals surface area contributed by atoms with Crippen molar-refractivity contribution in [2.75, 3.05) is 40.9 Å². The Morgan fingerprint density at radius 1 is 1.29 bits per heavy atom. The predicted octanol–water partition coefficient (Wildman–Crippen LogP) is 2.03. The third kappa shape index (κ3) is 9.07. The van der Waals surface area contributed by atoms with Gasteiger partial charge in [0.05, 0.1) is 6.04 Å². The lowest BCUT2D eigenvalue weighted by molar-refractivity contribution is -0.127. The standard InChI is InChI=1S/C17H28N4O2.HI/c1-14(15-9-6-5-7-10-15)20-17(18-11-8-12-23-4)19-13-16(22)21(2)3;/h5-7,9-10,14H,8,11-13H2,1-4H3,(H2,18,19,20);1H. The third-order valence-corrected chi connectivity index (χ3v) is 3.34. The molecule has 136 valence electrons. The normalized spacial score (nSPS) is 12.1. The smallest absolute Gasteiger partial charge is 0.243 e. The lowest BCUT2D eigenvalue weighted by Crippen LogP contribution is -2.40. The van der Waals surface area contributed by atoms with E-state index in [9.17, 15) is 4.79 Å². The average molecular weight is 448 g/mol. The second-order valence-corrected chi connectivity index (χ2v) is 5.50. The van der Waals surface area contributed by atoms with E-state index in [1.807, 2.05) is 18.2 Å². The van der Waals surface area contributed by atoms with E-state index in [1.54, 1.807) is 21.2 Å². The van der Waals surface area contributed by atoms with E-state index in [2.05, 4.69) is 34.7 Å². The summed E-state index contributed by atoms with van der Waals surface area (Å²) in [5, 5.41) is 6.57. The Hall–Kier alpha value is -1.35. The first-order chi connectivity index (χ1) is 11.0. The van der Waals surface area contributed by atoms with Gasteiger partial charge in [-0.25, -0.2) is 4.99 Å². The first kappa shape index (κ1) is 22.6. The zero-order valence-electron chi connectivity index (χ0n) is 14.9. The van der Waals surface area contributed by atoms with Gasteiger partial charge in [0.15, 0.2) is 5.96 Å². The van der Waals surface area contributed by atoms with Gasteiger partial charge >= 0.3 is 0 Å². The van der Waals surface area contributed by atoms with Gasteiger partial charge in [0, 0.05) is 34.4 Å². The summed E-state index contributed by atoms with van der Waals surface area (Å²) in [4.78, 5) is 17.6. The van der Waals surface area contributed by atoms with Crippen LogP contribution in [0.5, 0.6) is 0 Å². The predicted molar refractivity (Wildman–Crippen MR) is 109 cm³/mol. The van der Waals surface area contributed by atoms with E-state index in [4.69, 9.17) is 4.74 Å². The quantitative estimate of drug-likeness (QED) is 0.277. The van der Waals surface area contributed by atoms with Crippen LogP contribution < -0.4 is 10.6 Å². The molecule has 0 saturated carbocycles. The van der Waals surface area contributed by atoms with Crippen molar-refractivity contribution in [3.63, 3.8) is 0 Å². The molecule has 0 spiro atoms. The van der Waals surface area contributed by atoms with Crippen LogP contribution in [0.3, 0.4) is 0 Å². The van der Waals surface area contributed by atoms with Gasteiger partial charge in [-0.3, -0.25) is 4.79 Å². The maximum absolute atomic E-state index is 11.7. The number of methoxy groups -OCH3 is 1. The van der Waals surface area contributed by atoms with Crippen LogP contribution in [0, 0.1) is 0 Å². The summed E-state index contributed by atoms with van der Waals surface area (Å²) in [5.74, 6) is 0.600. The van der Waals surface area contributed by atoms with Crippen LogP contribution in [-0.4, -0.2) is 57.7 Å². The summed E-state index contributed by atoms with van der Waals surface area (Å²) in [6, 6.07) is 10.2. The molecule has 0 bridgehead atoms. The number of ether oxygens (including phenoxy) is 1. The number of carbonyl (C=O) groups excluding carboxylic acids is 1. The highest BCUT2D eigenvalue weighted by Gasteiger charge is 2.09. The van der Waals surface area contributed by atoms with Gasteiger partial charge in [0.25, 0.3) is 0 Å². The highest BCUT2D eigenvalue weighted by Crippen LogP contribution is 2.10. The van der Waals surface area contributed by atoms with Gasteiger partial charge in [-0.1, -0.05) is 30.3 Å². The number of rotatable bonds is 8. The van der Waals surface area contributed by atoms with Crippen molar-refractivity contribution < 1.29 is 9.53 Å². The van der Waals surface area contributed by atoms with Crippen molar-refractivity contribution in [2.24, 2.45) is 4.99 Å². The highest BCUT2D eigenvalue weighted by atomic mass is 127. The summed E-state index contributed by atoms with van der Waals surface area (Å²) in [6.45, 7) is 3.60. The molecule has 6 nitrogen and oxygen atoms in total. The first-order valence-corrected chi connectivity index (χ1v) is 7.83. The number of nitrogens with zero attached hydrogens (tertiary/aromatic N) is 2. The molecule has 0 aliphatic rings. The fourth-order valence-corrected chi connectivity index (χ4v) is 1.89. The molecule has 1 atom stereocenters. The molecule has 7 heteroatoms. The molecule has 24 heavy (non-hydrogen) atoms. The Labute approximate surface area is 162 Å². The van der Waals surface area contributed by atoms with Crippen LogP contribution in [0.25, 0.3) is 0 Å². The molecule has 0 heterocycles. The van der Waals surface area contributed by atoms with Gasteiger partial charge in [-0.2, -0.15) is 0 Å². The second kappa shape index (κ2) is 13.0. The number of likely N-dealkylation sites (N-methyl/N-ethyl adjacent to an activating group) is 1. The minimum atomic E-state index is -0.0321. The van der Waals surface area contributed by atoms with E-state index in [0.29, 0.717) is 12.6 Å². The number of benzene rings is 1. The Balaban J connectivity index is 0.00000529. The molecule has 1 aromatic rings. The van der Waals surface area contributed by atoms with Crippen LogP contribution in [0.15, 0.2) is 35.3 Å². The molecule has 1 unspecified atom stereocenters. The van der Waals surface area contributed by atoms with Crippen molar-refractivity contribution in [1.29, 1.82) is 0 Å². The molecular formula is C17H29IN4O2. The largest absolute Gasteiger partial charge is 0.385 e. The van der Waals surface area contributed by atoms with E-state index < -0.39 is 0 Å². The van der Waals surface area contributed by atoms with Crippen molar-refractivity contribution >= 4 is 35.8 Å². The lowest BCUT2D eigenvalue weighted by atomic mass is 10.1. The Morgan fingerprint density at radius 2 is 1.96 bits per heavy atom. The minimum absolute atomic E-state index is 0. The molecule has 0 fully saturated rings. The van der Waals surface area contributed by atoms with Crippen LogP contribution in [-0.2, 0) is 9.53 Å². The van der Waals surface area contributed by atoms with Crippen LogP contribution in [0.4, 0.5) is 0 Å². The van der Waals surface area contributed by atoms with Gasteiger partial charge < -0.3 is 20.3 Å². The fourth-order valence-electron chi connectivity index (χ4n) is 1.89. The van der Waals surface area contributed by atoms with Crippen molar-refractivity contribution in [2.45, 2.75) is 19.4 Å². The highest BCUT2D eigenvalue weighted by molar-refractivity contribution is 14.0. The van der Waals surface area contributed by atoms with E-state index >= 15 is 0 Å². The molecule has 1 rings (SSSR count). The SMILES string of the molecule is COCCCNC(=NCC(=O)N(C)C)NC(C)c1ccccc1.I. The fraction of sp³-hybridized carbons (Fsp3) is 0.529. The van der Waals surface area contributed by atoms with Gasteiger partial charge in [0.1, 0.15) is 6.54 Å². The minimum Gasteiger partial charge on any atom is -0.385 e. The van der Waals surface area contributed by atoms with Gasteiger partial charge in [0.2, 0.25) is 5.91 Å². The number of aliphatic imine (C=N–C) groups is 1. The average Bonchev–Trinajstić information content (AvgIpc) is 2.56. The van der Waals surface area contributed by atoms with Crippen LogP contribution >= 0.6 is 24.0 Å². The van der Waals surface area contributed by atoms with E-state index in [1.165, 1.54) is 4.90 Å². The number of hydrogen-bond acceptors (Lipinski definition) is 3. The summed E-state index contributed by atoms with van der Waals surface area (Å²) in [6.07, 6.45) is 0.874. The van der Waals surface area contributed by atoms with E-state index in [-0.39, 0.29) is 42.5 Å². The number of hydrogen-bond donors (Lipinski definition) is 2. The van der Waals surface area contributed by atoms with Gasteiger partial charge in [-0.15, -0.1) is 24.0 Å². The summed E-state index contributed by atoms with van der Waals surface area (Å²) in [7, 11) is 5.13. The molecule has 1 amide bonds.